The Labute approximate surface area is 185 Å². The lowest BCUT2D eigenvalue weighted by molar-refractivity contribution is 0.0930. The van der Waals surface area contributed by atoms with Crippen LogP contribution in [0.5, 0.6) is 11.5 Å². The molecule has 1 fully saturated rings. The Morgan fingerprint density at radius 1 is 0.903 bits per heavy atom. The summed E-state index contributed by atoms with van der Waals surface area (Å²) in [5.74, 6) is 1.87. The minimum Gasteiger partial charge on any atom is -0.496 e. The van der Waals surface area contributed by atoms with Gasteiger partial charge in [0.15, 0.2) is 0 Å². The van der Waals surface area contributed by atoms with Crippen molar-refractivity contribution in [2.75, 3.05) is 26.8 Å². The smallest absolute Gasteiger partial charge is 0.123 e. The standard InChI is InChI=1S/C27H32N2O2/c1-30-26-17-9-8-13-23(26)21-28-25-16-10-18-29(27(25)22-11-4-2-5-12-22)19-20-31-24-14-6-3-7-15-24/h2-9,11-15,17,25,27-28H,10,16,18-21H2,1H3/t25-,27-/m1/s1. The van der Waals surface area contributed by atoms with Gasteiger partial charge in [-0.15, -0.1) is 0 Å². The van der Waals surface area contributed by atoms with Gasteiger partial charge in [-0.3, -0.25) is 4.90 Å². The van der Waals surface area contributed by atoms with Crippen LogP contribution in [0.4, 0.5) is 0 Å². The van der Waals surface area contributed by atoms with E-state index in [0.717, 1.165) is 37.6 Å². The van der Waals surface area contributed by atoms with Crippen LogP contribution in [0.2, 0.25) is 0 Å². The number of piperidine rings is 1. The lowest BCUT2D eigenvalue weighted by Gasteiger charge is -2.42. The van der Waals surface area contributed by atoms with Gasteiger partial charge in [0.05, 0.1) is 13.2 Å². The number of ether oxygens (including phenoxy) is 2. The van der Waals surface area contributed by atoms with Crippen LogP contribution in [0.1, 0.15) is 30.0 Å². The molecule has 1 N–H and O–H groups in total. The highest BCUT2D eigenvalue weighted by Gasteiger charge is 2.32. The minimum atomic E-state index is 0.323. The summed E-state index contributed by atoms with van der Waals surface area (Å²) in [6.07, 6.45) is 2.34. The van der Waals surface area contributed by atoms with Gasteiger partial charge >= 0.3 is 0 Å². The first-order chi connectivity index (χ1) is 15.3. The SMILES string of the molecule is COc1ccccc1CN[C@@H]1CCCN(CCOc2ccccc2)[C@@H]1c1ccccc1. The Hall–Kier alpha value is -2.82. The zero-order valence-corrected chi connectivity index (χ0v) is 18.2. The summed E-state index contributed by atoms with van der Waals surface area (Å²) >= 11 is 0. The van der Waals surface area contributed by atoms with Crippen LogP contribution in [0.25, 0.3) is 0 Å². The molecule has 2 atom stereocenters. The maximum atomic E-state index is 6.01. The molecule has 1 saturated heterocycles. The van der Waals surface area contributed by atoms with E-state index >= 15 is 0 Å². The van der Waals surface area contributed by atoms with Crippen LogP contribution in [0.15, 0.2) is 84.9 Å². The molecule has 4 nitrogen and oxygen atoms in total. The van der Waals surface area contributed by atoms with Gasteiger partial charge in [-0.1, -0.05) is 66.7 Å². The summed E-state index contributed by atoms with van der Waals surface area (Å²) in [6, 6.07) is 29.9. The fraction of sp³-hybridized carbons (Fsp3) is 0.333. The van der Waals surface area contributed by atoms with Crippen LogP contribution < -0.4 is 14.8 Å². The molecule has 1 heterocycles. The average molecular weight is 417 g/mol. The second-order valence-corrected chi connectivity index (χ2v) is 7.99. The van der Waals surface area contributed by atoms with Crippen molar-refractivity contribution in [3.63, 3.8) is 0 Å². The van der Waals surface area contributed by atoms with E-state index < -0.39 is 0 Å². The molecule has 0 unspecified atom stereocenters. The third-order valence-electron chi connectivity index (χ3n) is 6.01. The molecule has 0 radical (unpaired) electrons. The van der Waals surface area contributed by atoms with Gasteiger partial charge < -0.3 is 14.8 Å². The average Bonchev–Trinajstić information content (AvgIpc) is 2.84. The summed E-state index contributed by atoms with van der Waals surface area (Å²) < 4.78 is 11.6. The number of nitrogens with zero attached hydrogens (tertiary/aromatic N) is 1. The molecule has 3 aromatic carbocycles. The van der Waals surface area contributed by atoms with Crippen molar-refractivity contribution >= 4 is 0 Å². The second-order valence-electron chi connectivity index (χ2n) is 7.99. The summed E-state index contributed by atoms with van der Waals surface area (Å²) in [4.78, 5) is 2.57. The van der Waals surface area contributed by atoms with Gasteiger partial charge in [0.2, 0.25) is 0 Å². The molecule has 31 heavy (non-hydrogen) atoms. The first-order valence-corrected chi connectivity index (χ1v) is 11.2. The molecule has 1 aliphatic heterocycles. The topological polar surface area (TPSA) is 33.7 Å². The third kappa shape index (κ3) is 5.66. The van der Waals surface area contributed by atoms with Crippen LogP contribution in [0, 0.1) is 0 Å². The predicted molar refractivity (Wildman–Crippen MR) is 126 cm³/mol. The monoisotopic (exact) mass is 416 g/mol. The van der Waals surface area contributed by atoms with Crippen molar-refractivity contribution < 1.29 is 9.47 Å². The van der Waals surface area contributed by atoms with Crippen LogP contribution in [-0.2, 0) is 6.54 Å². The molecular weight excluding hydrogens is 384 g/mol. The third-order valence-corrected chi connectivity index (χ3v) is 6.01. The van der Waals surface area contributed by atoms with Crippen molar-refractivity contribution in [1.82, 2.24) is 10.2 Å². The minimum absolute atomic E-state index is 0.323. The van der Waals surface area contributed by atoms with Crippen LogP contribution in [0.3, 0.4) is 0 Å². The number of methoxy groups -OCH3 is 1. The van der Waals surface area contributed by atoms with E-state index in [4.69, 9.17) is 9.47 Å². The second kappa shape index (κ2) is 11.0. The maximum Gasteiger partial charge on any atom is 0.123 e. The quantitative estimate of drug-likeness (QED) is 0.528. The van der Waals surface area contributed by atoms with E-state index in [0.29, 0.717) is 18.7 Å². The van der Waals surface area contributed by atoms with Gasteiger partial charge in [-0.05, 0) is 43.1 Å². The van der Waals surface area contributed by atoms with Gasteiger partial charge in [-0.25, -0.2) is 0 Å². The van der Waals surface area contributed by atoms with E-state index in [1.54, 1.807) is 7.11 Å². The van der Waals surface area contributed by atoms with Gasteiger partial charge in [0.25, 0.3) is 0 Å². The number of benzene rings is 3. The molecule has 0 saturated carbocycles. The lowest BCUT2D eigenvalue weighted by atomic mass is 9.90. The first kappa shape index (κ1) is 21.4. The largest absolute Gasteiger partial charge is 0.496 e. The van der Waals surface area contributed by atoms with Crippen molar-refractivity contribution in [2.45, 2.75) is 31.5 Å². The number of rotatable bonds is 9. The Balaban J connectivity index is 1.46. The normalized spacial score (nSPS) is 19.1. The molecule has 0 aliphatic carbocycles. The first-order valence-electron chi connectivity index (χ1n) is 11.2. The Morgan fingerprint density at radius 3 is 2.39 bits per heavy atom. The summed E-state index contributed by atoms with van der Waals surface area (Å²) in [6.45, 7) is 3.48. The highest BCUT2D eigenvalue weighted by atomic mass is 16.5. The summed E-state index contributed by atoms with van der Waals surface area (Å²) in [5.41, 5.74) is 2.56. The van der Waals surface area contributed by atoms with E-state index in [1.807, 2.05) is 42.5 Å². The lowest BCUT2D eigenvalue weighted by Crippen LogP contribution is -2.49. The molecular formula is C27H32N2O2. The number of likely N-dealkylation sites (tertiary alicyclic amines) is 1. The Morgan fingerprint density at radius 2 is 1.61 bits per heavy atom. The van der Waals surface area contributed by atoms with Crippen molar-refractivity contribution in [3.8, 4) is 11.5 Å². The van der Waals surface area contributed by atoms with Crippen molar-refractivity contribution in [1.29, 1.82) is 0 Å². The highest BCUT2D eigenvalue weighted by Crippen LogP contribution is 2.32. The van der Waals surface area contributed by atoms with E-state index in [-0.39, 0.29) is 0 Å². The van der Waals surface area contributed by atoms with Gasteiger partial charge in [0, 0.05) is 24.7 Å². The molecule has 0 amide bonds. The molecule has 4 rings (SSSR count). The Kier molecular flexibility index (Phi) is 7.59. The highest BCUT2D eigenvalue weighted by molar-refractivity contribution is 5.33. The van der Waals surface area contributed by atoms with Crippen molar-refractivity contribution in [2.24, 2.45) is 0 Å². The molecule has 3 aromatic rings. The molecule has 1 aliphatic rings. The molecule has 0 aromatic heterocycles. The fourth-order valence-electron chi connectivity index (χ4n) is 4.51. The zero-order chi connectivity index (χ0) is 21.3. The van der Waals surface area contributed by atoms with Crippen LogP contribution >= 0.6 is 0 Å². The fourth-order valence-corrected chi connectivity index (χ4v) is 4.51. The van der Waals surface area contributed by atoms with E-state index in [1.165, 1.54) is 17.5 Å². The Bertz CT molecular complexity index is 917. The number of nitrogens with one attached hydrogen (secondary N) is 1. The summed E-state index contributed by atoms with van der Waals surface area (Å²) in [5, 5.41) is 3.84. The van der Waals surface area contributed by atoms with Gasteiger partial charge in [0.1, 0.15) is 18.1 Å². The molecule has 162 valence electrons. The predicted octanol–water partition coefficient (Wildman–Crippen LogP) is 5.07. The molecule has 4 heteroatoms. The zero-order valence-electron chi connectivity index (χ0n) is 18.2. The molecule has 0 spiro atoms. The van der Waals surface area contributed by atoms with Crippen LogP contribution in [-0.4, -0.2) is 37.7 Å². The maximum absolute atomic E-state index is 6.01. The number of hydrogen-bond donors (Lipinski definition) is 1. The number of hydrogen-bond acceptors (Lipinski definition) is 4. The van der Waals surface area contributed by atoms with Gasteiger partial charge in [-0.2, -0.15) is 0 Å². The number of para-hydroxylation sites is 2. The van der Waals surface area contributed by atoms with E-state index in [2.05, 4.69) is 52.7 Å². The van der Waals surface area contributed by atoms with Crippen molar-refractivity contribution in [3.05, 3.63) is 96.1 Å². The van der Waals surface area contributed by atoms with E-state index in [9.17, 15) is 0 Å². The molecule has 0 bridgehead atoms. The summed E-state index contributed by atoms with van der Waals surface area (Å²) in [7, 11) is 1.74.